The summed E-state index contributed by atoms with van der Waals surface area (Å²) in [6.45, 7) is 14.2. The Kier molecular flexibility index (Phi) is 9.80. The number of ether oxygens (including phenoxy) is 3. The maximum Gasteiger partial charge on any atom is 0.303 e. The monoisotopic (exact) mass is 718 g/mol. The number of fused-ring (bicyclic) bond motifs is 5. The Hall–Kier alpha value is -2.78. The van der Waals surface area contributed by atoms with Crippen LogP contribution in [0.4, 0.5) is 0 Å². The van der Waals surface area contributed by atoms with E-state index in [1.807, 2.05) is 26.8 Å². The molecule has 0 aromatic heterocycles. The van der Waals surface area contributed by atoms with Gasteiger partial charge >= 0.3 is 5.97 Å². The Morgan fingerprint density at radius 1 is 1.00 bits per heavy atom. The van der Waals surface area contributed by atoms with Crippen LogP contribution in [0.2, 0.25) is 0 Å². The van der Waals surface area contributed by atoms with Gasteiger partial charge in [-0.25, -0.2) is 0 Å². The number of aliphatic hydroxyl groups is 6. The maximum absolute atomic E-state index is 14.8. The largest absolute Gasteiger partial charge is 0.459 e. The number of allylic oxidation sites excluding steroid dienone is 4. The lowest BCUT2D eigenvalue weighted by Gasteiger charge is -2.63. The van der Waals surface area contributed by atoms with Gasteiger partial charge in [-0.1, -0.05) is 32.4 Å². The topological polar surface area (TPSA) is 217 Å². The van der Waals surface area contributed by atoms with E-state index in [4.69, 9.17) is 14.2 Å². The van der Waals surface area contributed by atoms with Crippen molar-refractivity contribution in [3.8, 4) is 0 Å². The van der Waals surface area contributed by atoms with Crippen molar-refractivity contribution >= 4 is 23.3 Å². The molecule has 1 unspecified atom stereocenters. The molecule has 0 aromatic carbocycles. The number of carbonyl (C=O) groups is 4. The fourth-order valence-electron chi connectivity index (χ4n) is 10.3. The summed E-state index contributed by atoms with van der Waals surface area (Å²) in [4.78, 5) is 53.9. The van der Waals surface area contributed by atoms with Gasteiger partial charge in [-0.2, -0.15) is 0 Å². The summed E-state index contributed by atoms with van der Waals surface area (Å²) in [5.74, 6) is -4.17. The number of rotatable bonds is 8. The first-order chi connectivity index (χ1) is 23.3. The number of Topliss-reactive ketones (excluding diaryl/α,β-unsaturated/α-hetero) is 2. The van der Waals surface area contributed by atoms with E-state index in [1.54, 1.807) is 33.8 Å². The Morgan fingerprint density at radius 3 is 2.22 bits per heavy atom. The van der Waals surface area contributed by atoms with Crippen LogP contribution in [0.5, 0.6) is 0 Å². The Balaban J connectivity index is 1.52. The van der Waals surface area contributed by atoms with Crippen molar-refractivity contribution in [3.05, 3.63) is 35.6 Å². The number of hydrogen-bond acceptors (Lipinski definition) is 13. The van der Waals surface area contributed by atoms with Gasteiger partial charge in [0.25, 0.3) is 0 Å². The molecule has 13 atom stereocenters. The molecule has 5 rings (SSSR count). The molecule has 13 heteroatoms. The van der Waals surface area contributed by atoms with Gasteiger partial charge in [0.15, 0.2) is 11.5 Å². The molecular formula is C38H54O13. The molecule has 5 aliphatic rings. The summed E-state index contributed by atoms with van der Waals surface area (Å²) in [6, 6.07) is 0. The zero-order valence-electron chi connectivity index (χ0n) is 30.9. The van der Waals surface area contributed by atoms with Crippen LogP contribution in [0.3, 0.4) is 0 Å². The second kappa shape index (κ2) is 12.7. The number of aliphatic hydroxyl groups excluding tert-OH is 5. The highest BCUT2D eigenvalue weighted by atomic mass is 16.7. The molecule has 3 fully saturated rings. The van der Waals surface area contributed by atoms with Crippen LogP contribution < -0.4 is 0 Å². The molecule has 13 nitrogen and oxygen atoms in total. The van der Waals surface area contributed by atoms with Crippen LogP contribution >= 0.6 is 0 Å². The molecule has 0 bridgehead atoms. The van der Waals surface area contributed by atoms with E-state index in [2.05, 4.69) is 0 Å². The second-order valence-corrected chi connectivity index (χ2v) is 17.2. The zero-order valence-corrected chi connectivity index (χ0v) is 30.9. The minimum atomic E-state index is -2.09. The summed E-state index contributed by atoms with van der Waals surface area (Å²) >= 11 is 0. The SMILES string of the molecule is CC(=O)OC(C)(C)/C=C/C(=O)C(C)(O)[C@H]1[C@H](O)C[C@@]2(C)[C@@H]3CC=C4[C@@H](C=C(O[C@@H]5O[C@H](CO)[C@@H](O)[C@H](O)[C@H]5O)C(=O)C4(C)C)[C@]3(C)C(=O)C[C@]12C. The molecular weight excluding hydrogens is 664 g/mol. The van der Waals surface area contributed by atoms with Crippen LogP contribution in [0.25, 0.3) is 0 Å². The van der Waals surface area contributed by atoms with Gasteiger partial charge < -0.3 is 44.8 Å². The van der Waals surface area contributed by atoms with Crippen molar-refractivity contribution in [1.82, 2.24) is 0 Å². The van der Waals surface area contributed by atoms with Crippen LogP contribution in [0.1, 0.15) is 81.6 Å². The van der Waals surface area contributed by atoms with Gasteiger partial charge in [0, 0.05) is 30.6 Å². The number of esters is 1. The zero-order chi connectivity index (χ0) is 38.4. The minimum absolute atomic E-state index is 0.0841. The third kappa shape index (κ3) is 5.87. The maximum atomic E-state index is 14.8. The van der Waals surface area contributed by atoms with Crippen molar-refractivity contribution in [2.75, 3.05) is 6.61 Å². The van der Waals surface area contributed by atoms with Crippen LogP contribution in [0.15, 0.2) is 35.6 Å². The summed E-state index contributed by atoms with van der Waals surface area (Å²) in [5, 5.41) is 64.6. The van der Waals surface area contributed by atoms with E-state index < -0.39 is 112 Å². The molecule has 0 aromatic rings. The lowest BCUT2D eigenvalue weighted by molar-refractivity contribution is -0.291. The van der Waals surface area contributed by atoms with Crippen molar-refractivity contribution in [1.29, 1.82) is 0 Å². The predicted octanol–water partition coefficient (Wildman–Crippen LogP) is 1.45. The van der Waals surface area contributed by atoms with E-state index in [-0.39, 0.29) is 24.4 Å². The number of ketones is 3. The van der Waals surface area contributed by atoms with Crippen molar-refractivity contribution < 1.29 is 64.0 Å². The fourth-order valence-corrected chi connectivity index (χ4v) is 10.3. The van der Waals surface area contributed by atoms with Gasteiger partial charge in [0.1, 0.15) is 41.4 Å². The molecule has 0 spiro atoms. The van der Waals surface area contributed by atoms with E-state index in [0.29, 0.717) is 12.0 Å². The highest BCUT2D eigenvalue weighted by Gasteiger charge is 2.74. The van der Waals surface area contributed by atoms with Gasteiger partial charge in [-0.15, -0.1) is 0 Å². The minimum Gasteiger partial charge on any atom is -0.459 e. The first kappa shape index (κ1) is 39.4. The molecule has 2 saturated carbocycles. The Labute approximate surface area is 298 Å². The third-order valence-electron chi connectivity index (χ3n) is 13.3. The normalized spacial score (nSPS) is 43.3. The lowest BCUT2D eigenvalue weighted by atomic mass is 9.39. The standard InChI is InChI=1S/C38H54O13/c1-18(40)51-33(2,3)13-12-25(42)38(9,48)30-21(41)15-35(6)24-11-10-19-20(37(24,8)26(43)16-36(30,35)7)14-22(31(47)34(19,4)5)49-32-29(46)28(45)27(44)23(17-39)50-32/h10,12-14,20-21,23-24,27-30,32,39,41,44-46,48H,11,15-17H2,1-9H3/b13-12+/t20-,21-,23-,24+,27-,28+,29-,30+,32-,35+,36-,37+,38?/m1/s1. The molecule has 4 aliphatic carbocycles. The van der Waals surface area contributed by atoms with Crippen molar-refractivity contribution in [2.45, 2.75) is 130 Å². The smallest absolute Gasteiger partial charge is 0.303 e. The van der Waals surface area contributed by atoms with E-state index in [9.17, 15) is 49.8 Å². The summed E-state index contributed by atoms with van der Waals surface area (Å²) in [7, 11) is 0. The first-order valence-electron chi connectivity index (χ1n) is 17.6. The molecule has 1 heterocycles. The number of hydrogen-bond donors (Lipinski definition) is 6. The summed E-state index contributed by atoms with van der Waals surface area (Å²) in [5.41, 5.74) is -6.62. The Bertz CT molecular complexity index is 1570. The van der Waals surface area contributed by atoms with Crippen molar-refractivity contribution in [2.24, 2.45) is 39.4 Å². The predicted molar refractivity (Wildman–Crippen MR) is 180 cm³/mol. The second-order valence-electron chi connectivity index (χ2n) is 17.2. The van der Waals surface area contributed by atoms with Gasteiger partial charge in [0.2, 0.25) is 12.1 Å². The fraction of sp³-hybridized carbons (Fsp3) is 0.737. The molecule has 1 saturated heterocycles. The molecule has 0 amide bonds. The molecule has 6 N–H and O–H groups in total. The highest BCUT2D eigenvalue weighted by Crippen LogP contribution is 2.73. The Morgan fingerprint density at radius 2 is 1.63 bits per heavy atom. The van der Waals surface area contributed by atoms with Crippen molar-refractivity contribution in [3.63, 3.8) is 0 Å². The first-order valence-corrected chi connectivity index (χ1v) is 17.6. The average molecular weight is 719 g/mol. The summed E-state index contributed by atoms with van der Waals surface area (Å²) < 4.78 is 16.7. The van der Waals surface area contributed by atoms with E-state index in [1.165, 1.54) is 19.9 Å². The van der Waals surface area contributed by atoms with Crippen LogP contribution in [-0.4, -0.2) is 109 Å². The summed E-state index contributed by atoms with van der Waals surface area (Å²) in [6.07, 6.45) is -2.57. The number of carbonyl (C=O) groups excluding carboxylic acids is 4. The molecule has 51 heavy (non-hydrogen) atoms. The molecule has 0 radical (unpaired) electrons. The average Bonchev–Trinajstić information content (AvgIpc) is 3.22. The van der Waals surface area contributed by atoms with Crippen LogP contribution in [0, 0.1) is 39.4 Å². The highest BCUT2D eigenvalue weighted by molar-refractivity contribution is 6.02. The quantitative estimate of drug-likeness (QED) is 0.119. The molecule has 1 aliphatic heterocycles. The van der Waals surface area contributed by atoms with Gasteiger partial charge in [0.05, 0.1) is 18.1 Å². The lowest BCUT2D eigenvalue weighted by Crippen LogP contribution is -2.64. The van der Waals surface area contributed by atoms with Gasteiger partial charge in [-0.05, 0) is 82.4 Å². The van der Waals surface area contributed by atoms with E-state index >= 15 is 0 Å². The van der Waals surface area contributed by atoms with Gasteiger partial charge in [-0.3, -0.25) is 19.2 Å². The third-order valence-corrected chi connectivity index (χ3v) is 13.3. The van der Waals surface area contributed by atoms with E-state index in [0.717, 1.165) is 6.08 Å². The van der Waals surface area contributed by atoms with Crippen LogP contribution in [-0.2, 0) is 33.4 Å². The molecule has 284 valence electrons.